The van der Waals surface area contributed by atoms with E-state index >= 15 is 0 Å². The Morgan fingerprint density at radius 2 is 2.35 bits per heavy atom. The Bertz CT molecular complexity index is 376. The van der Waals surface area contributed by atoms with Crippen LogP contribution in [0.25, 0.3) is 0 Å². The first kappa shape index (κ1) is 13.7. The third kappa shape index (κ3) is 3.55. The van der Waals surface area contributed by atoms with Crippen LogP contribution in [0.4, 0.5) is 0 Å². The number of hydrogen-bond donors (Lipinski definition) is 1. The fourth-order valence-electron chi connectivity index (χ4n) is 2.13. The summed E-state index contributed by atoms with van der Waals surface area (Å²) in [4.78, 5) is 2.23. The fourth-order valence-corrected chi connectivity index (χ4v) is 2.13. The molecular formula is C12H21N5. The van der Waals surface area contributed by atoms with Gasteiger partial charge in [-0.25, -0.2) is 0 Å². The lowest BCUT2D eigenvalue weighted by molar-refractivity contribution is 0.189. The van der Waals surface area contributed by atoms with Crippen LogP contribution in [0.5, 0.6) is 0 Å². The first-order valence-electron chi connectivity index (χ1n) is 5.95. The molecule has 5 nitrogen and oxygen atoms in total. The van der Waals surface area contributed by atoms with Gasteiger partial charge >= 0.3 is 0 Å². The Kier molecular flexibility index (Phi) is 5.13. The molecule has 1 heterocycles. The third-order valence-corrected chi connectivity index (χ3v) is 2.87. The van der Waals surface area contributed by atoms with Crippen molar-refractivity contribution in [2.45, 2.75) is 32.4 Å². The molecule has 2 unspecified atom stereocenters. The number of rotatable bonds is 6. The van der Waals surface area contributed by atoms with Gasteiger partial charge in [-0.05, 0) is 13.5 Å². The second-order valence-electron chi connectivity index (χ2n) is 4.29. The van der Waals surface area contributed by atoms with E-state index in [1.165, 1.54) is 0 Å². The molecule has 1 rings (SSSR count). The van der Waals surface area contributed by atoms with Gasteiger partial charge in [-0.2, -0.15) is 10.4 Å². The van der Waals surface area contributed by atoms with E-state index in [1.807, 2.05) is 26.4 Å². The van der Waals surface area contributed by atoms with Crippen molar-refractivity contribution in [3.8, 4) is 6.07 Å². The molecule has 0 bridgehead atoms. The number of aromatic nitrogens is 2. The van der Waals surface area contributed by atoms with Gasteiger partial charge in [-0.15, -0.1) is 0 Å². The van der Waals surface area contributed by atoms with Crippen molar-refractivity contribution >= 4 is 0 Å². The highest BCUT2D eigenvalue weighted by Crippen LogP contribution is 2.22. The maximum atomic E-state index is 8.68. The molecule has 2 N–H and O–H groups in total. The van der Waals surface area contributed by atoms with Crippen molar-refractivity contribution in [1.82, 2.24) is 14.7 Å². The molecule has 0 saturated carbocycles. The van der Waals surface area contributed by atoms with E-state index in [4.69, 9.17) is 11.0 Å². The molecule has 1 aromatic rings. The van der Waals surface area contributed by atoms with Crippen LogP contribution in [0.2, 0.25) is 0 Å². The van der Waals surface area contributed by atoms with E-state index in [0.29, 0.717) is 6.42 Å². The van der Waals surface area contributed by atoms with E-state index in [2.05, 4.69) is 23.0 Å². The van der Waals surface area contributed by atoms with Gasteiger partial charge in [-0.3, -0.25) is 9.58 Å². The van der Waals surface area contributed by atoms with Crippen LogP contribution >= 0.6 is 0 Å². The number of hydrogen-bond acceptors (Lipinski definition) is 4. The minimum Gasteiger partial charge on any atom is -0.326 e. The van der Waals surface area contributed by atoms with E-state index in [-0.39, 0.29) is 12.1 Å². The van der Waals surface area contributed by atoms with Gasteiger partial charge < -0.3 is 5.73 Å². The predicted molar refractivity (Wildman–Crippen MR) is 67.1 cm³/mol. The van der Waals surface area contributed by atoms with Gasteiger partial charge in [0.15, 0.2) is 0 Å². The van der Waals surface area contributed by atoms with Crippen molar-refractivity contribution in [1.29, 1.82) is 5.26 Å². The second-order valence-corrected chi connectivity index (χ2v) is 4.29. The van der Waals surface area contributed by atoms with Gasteiger partial charge in [0.05, 0.1) is 18.3 Å². The van der Waals surface area contributed by atoms with Crippen LogP contribution in [0.1, 0.15) is 31.9 Å². The molecule has 0 aromatic carbocycles. The quantitative estimate of drug-likeness (QED) is 0.800. The summed E-state index contributed by atoms with van der Waals surface area (Å²) in [5.41, 5.74) is 7.18. The minimum atomic E-state index is 0.0119. The van der Waals surface area contributed by atoms with Gasteiger partial charge in [-0.1, -0.05) is 6.92 Å². The Labute approximate surface area is 103 Å². The van der Waals surface area contributed by atoms with Crippen molar-refractivity contribution in [2.24, 2.45) is 12.8 Å². The highest BCUT2D eigenvalue weighted by atomic mass is 15.3. The summed E-state index contributed by atoms with van der Waals surface area (Å²) in [6, 6.07) is 2.32. The molecule has 0 saturated heterocycles. The molecule has 0 aliphatic carbocycles. The summed E-state index contributed by atoms with van der Waals surface area (Å²) in [5.74, 6) is 0. The molecule has 0 amide bonds. The zero-order chi connectivity index (χ0) is 12.8. The molecule has 5 heteroatoms. The Balaban J connectivity index is 2.87. The maximum Gasteiger partial charge on any atom is 0.0635 e. The van der Waals surface area contributed by atoms with E-state index in [9.17, 15) is 0 Å². The summed E-state index contributed by atoms with van der Waals surface area (Å²) in [6.07, 6.45) is 4.36. The Morgan fingerprint density at radius 1 is 1.65 bits per heavy atom. The number of likely N-dealkylation sites (N-methyl/N-ethyl adjacent to an activating group) is 1. The smallest absolute Gasteiger partial charge is 0.0635 e. The summed E-state index contributed by atoms with van der Waals surface area (Å²) in [7, 11) is 1.90. The average molecular weight is 235 g/mol. The molecule has 0 radical (unpaired) electrons. The molecule has 0 spiro atoms. The Morgan fingerprint density at radius 3 is 2.76 bits per heavy atom. The largest absolute Gasteiger partial charge is 0.326 e. The molecule has 0 aliphatic rings. The van der Waals surface area contributed by atoms with Gasteiger partial charge in [0.1, 0.15) is 0 Å². The van der Waals surface area contributed by atoms with Crippen molar-refractivity contribution < 1.29 is 0 Å². The first-order valence-corrected chi connectivity index (χ1v) is 5.95. The molecular weight excluding hydrogens is 214 g/mol. The first-order chi connectivity index (χ1) is 8.10. The Hall–Kier alpha value is -1.38. The van der Waals surface area contributed by atoms with Crippen LogP contribution < -0.4 is 5.73 Å². The topological polar surface area (TPSA) is 70.9 Å². The van der Waals surface area contributed by atoms with Crippen molar-refractivity contribution in [2.75, 3.05) is 13.1 Å². The highest BCUT2D eigenvalue weighted by Gasteiger charge is 2.23. The third-order valence-electron chi connectivity index (χ3n) is 2.87. The van der Waals surface area contributed by atoms with Crippen LogP contribution in [0.3, 0.4) is 0 Å². The molecule has 0 fully saturated rings. The summed E-state index contributed by atoms with van der Waals surface area (Å²) in [5, 5.41) is 12.9. The second kappa shape index (κ2) is 6.38. The van der Waals surface area contributed by atoms with Gasteiger partial charge in [0.2, 0.25) is 0 Å². The van der Waals surface area contributed by atoms with Crippen molar-refractivity contribution in [3.05, 3.63) is 18.0 Å². The van der Waals surface area contributed by atoms with Crippen molar-refractivity contribution in [3.63, 3.8) is 0 Å². The number of nitriles is 1. The van der Waals surface area contributed by atoms with Crippen LogP contribution in [0, 0.1) is 11.3 Å². The van der Waals surface area contributed by atoms with E-state index in [1.54, 1.807) is 4.68 Å². The SMILES string of the molecule is CCN(CCC#N)C(c1cnn(C)c1)C(C)N. The highest BCUT2D eigenvalue weighted by molar-refractivity contribution is 5.13. The minimum absolute atomic E-state index is 0.0119. The molecule has 0 aliphatic heterocycles. The number of nitrogens with two attached hydrogens (primary N) is 1. The number of nitrogens with zero attached hydrogens (tertiary/aromatic N) is 4. The van der Waals surface area contributed by atoms with Crippen LogP contribution in [-0.2, 0) is 7.05 Å². The maximum absolute atomic E-state index is 8.68. The van der Waals surface area contributed by atoms with Crippen LogP contribution in [0.15, 0.2) is 12.4 Å². The predicted octanol–water partition coefficient (Wildman–Crippen LogP) is 1.04. The average Bonchev–Trinajstić information content (AvgIpc) is 2.69. The number of aryl methyl sites for hydroxylation is 1. The lowest BCUT2D eigenvalue weighted by Gasteiger charge is -2.32. The summed E-state index contributed by atoms with van der Waals surface area (Å²) in [6.45, 7) is 5.70. The summed E-state index contributed by atoms with van der Waals surface area (Å²) < 4.78 is 1.78. The molecule has 17 heavy (non-hydrogen) atoms. The van der Waals surface area contributed by atoms with Gasteiger partial charge in [0.25, 0.3) is 0 Å². The zero-order valence-corrected chi connectivity index (χ0v) is 10.8. The van der Waals surface area contributed by atoms with Crippen LogP contribution in [-0.4, -0.2) is 33.8 Å². The lowest BCUT2D eigenvalue weighted by Crippen LogP contribution is -2.39. The molecule has 94 valence electrons. The zero-order valence-electron chi connectivity index (χ0n) is 10.8. The lowest BCUT2D eigenvalue weighted by atomic mass is 10.0. The normalized spacial score (nSPS) is 14.6. The standard InChI is InChI=1S/C12H21N5/c1-4-17(7-5-6-13)12(10(2)14)11-8-15-16(3)9-11/h8-10,12H,4-5,7,14H2,1-3H3. The van der Waals surface area contributed by atoms with E-state index in [0.717, 1.165) is 18.7 Å². The molecule has 2 atom stereocenters. The fraction of sp³-hybridized carbons (Fsp3) is 0.667. The summed E-state index contributed by atoms with van der Waals surface area (Å²) >= 11 is 0. The van der Waals surface area contributed by atoms with E-state index < -0.39 is 0 Å². The van der Waals surface area contributed by atoms with Gasteiger partial charge in [0, 0.05) is 37.8 Å². The molecule has 1 aromatic heterocycles. The monoisotopic (exact) mass is 235 g/mol.